The molecule has 3 aromatic rings. The third kappa shape index (κ3) is 4.77. The van der Waals surface area contributed by atoms with Crippen LogP contribution in [0, 0.1) is 5.92 Å². The van der Waals surface area contributed by atoms with Crippen molar-refractivity contribution in [2.24, 2.45) is 5.92 Å². The van der Waals surface area contributed by atoms with Gasteiger partial charge >= 0.3 is 0 Å². The smallest absolute Gasteiger partial charge is 0.266 e. The summed E-state index contributed by atoms with van der Waals surface area (Å²) in [6.45, 7) is 7.15. The quantitative estimate of drug-likeness (QED) is 0.562. The number of aromatic nitrogens is 1. The number of thiazole rings is 1. The highest BCUT2D eigenvalue weighted by atomic mass is 32.1. The Hall–Kier alpha value is -2.60. The van der Waals surface area contributed by atoms with Crippen molar-refractivity contribution >= 4 is 32.6 Å². The van der Waals surface area contributed by atoms with Crippen LogP contribution in [-0.4, -0.2) is 30.6 Å². The van der Waals surface area contributed by atoms with E-state index >= 15 is 0 Å². The molecule has 0 saturated carbocycles. The molecule has 0 atom stereocenters. The van der Waals surface area contributed by atoms with Gasteiger partial charge in [0.2, 0.25) is 0 Å². The van der Waals surface area contributed by atoms with Gasteiger partial charge in [0.05, 0.1) is 16.8 Å². The fourth-order valence-corrected chi connectivity index (χ4v) is 3.68. The van der Waals surface area contributed by atoms with E-state index in [4.69, 9.17) is 9.47 Å². The van der Waals surface area contributed by atoms with Gasteiger partial charge in [-0.3, -0.25) is 9.69 Å². The molecule has 2 aromatic carbocycles. The van der Waals surface area contributed by atoms with E-state index in [1.165, 1.54) is 11.3 Å². The first-order valence-electron chi connectivity index (χ1n) is 9.09. The summed E-state index contributed by atoms with van der Waals surface area (Å²) in [6.07, 6.45) is 0. The molecule has 0 aliphatic heterocycles. The maximum absolute atomic E-state index is 12.9. The number of nitrogens with zero attached hydrogens (tertiary/aromatic N) is 2. The van der Waals surface area contributed by atoms with Gasteiger partial charge in [0.15, 0.2) is 23.2 Å². The minimum Gasteiger partial charge on any atom is -0.490 e. The number of benzene rings is 2. The van der Waals surface area contributed by atoms with Gasteiger partial charge in [-0.15, -0.1) is 0 Å². The molecule has 6 heteroatoms. The second-order valence-corrected chi connectivity index (χ2v) is 7.54. The molecule has 0 bridgehead atoms. The molecule has 142 valence electrons. The Morgan fingerprint density at radius 1 is 1.07 bits per heavy atom. The predicted molar refractivity (Wildman–Crippen MR) is 110 cm³/mol. The Labute approximate surface area is 163 Å². The van der Waals surface area contributed by atoms with Gasteiger partial charge in [0, 0.05) is 6.54 Å². The summed E-state index contributed by atoms with van der Waals surface area (Å²) in [7, 11) is 0. The van der Waals surface area contributed by atoms with E-state index in [0.29, 0.717) is 35.7 Å². The van der Waals surface area contributed by atoms with Crippen LogP contribution in [0.15, 0.2) is 48.5 Å². The minimum absolute atomic E-state index is 0.0628. The van der Waals surface area contributed by atoms with E-state index in [0.717, 1.165) is 10.2 Å². The molecular weight excluding hydrogens is 360 g/mol. The summed E-state index contributed by atoms with van der Waals surface area (Å²) in [6, 6.07) is 15.3. The molecule has 1 amide bonds. The summed E-state index contributed by atoms with van der Waals surface area (Å²) in [5.74, 6) is 1.41. The number of amides is 1. The van der Waals surface area contributed by atoms with Crippen LogP contribution in [0.5, 0.6) is 11.5 Å². The highest BCUT2D eigenvalue weighted by molar-refractivity contribution is 7.22. The fourth-order valence-electron chi connectivity index (χ4n) is 2.69. The summed E-state index contributed by atoms with van der Waals surface area (Å²) in [4.78, 5) is 19.3. The molecule has 0 spiro atoms. The van der Waals surface area contributed by atoms with E-state index in [1.807, 2.05) is 55.5 Å². The van der Waals surface area contributed by atoms with Crippen molar-refractivity contribution in [1.82, 2.24) is 4.98 Å². The average molecular weight is 385 g/mol. The molecule has 0 N–H and O–H groups in total. The van der Waals surface area contributed by atoms with Crippen LogP contribution in [0.4, 0.5) is 5.13 Å². The number of hydrogen-bond donors (Lipinski definition) is 0. The normalized spacial score (nSPS) is 11.0. The third-order valence-electron chi connectivity index (χ3n) is 3.86. The number of para-hydroxylation sites is 3. The lowest BCUT2D eigenvalue weighted by atomic mass is 10.2. The highest BCUT2D eigenvalue weighted by Gasteiger charge is 2.21. The number of carbonyl (C=O) groups excluding carboxylic acids is 1. The topological polar surface area (TPSA) is 51.7 Å². The summed E-state index contributed by atoms with van der Waals surface area (Å²) >= 11 is 1.52. The van der Waals surface area contributed by atoms with Crippen LogP contribution in [0.3, 0.4) is 0 Å². The van der Waals surface area contributed by atoms with Crippen molar-refractivity contribution in [1.29, 1.82) is 0 Å². The van der Waals surface area contributed by atoms with Crippen molar-refractivity contribution in [2.45, 2.75) is 20.8 Å². The van der Waals surface area contributed by atoms with Crippen LogP contribution in [0.1, 0.15) is 20.8 Å². The Bertz CT molecular complexity index is 874. The van der Waals surface area contributed by atoms with Crippen molar-refractivity contribution in [3.8, 4) is 11.5 Å². The van der Waals surface area contributed by atoms with Crippen LogP contribution < -0.4 is 14.4 Å². The van der Waals surface area contributed by atoms with E-state index in [1.54, 1.807) is 4.90 Å². The van der Waals surface area contributed by atoms with E-state index < -0.39 is 0 Å². The zero-order valence-electron chi connectivity index (χ0n) is 15.8. The Kier molecular flexibility index (Phi) is 6.29. The number of fused-ring (bicyclic) bond motifs is 1. The second kappa shape index (κ2) is 8.86. The Balaban J connectivity index is 1.78. The lowest BCUT2D eigenvalue weighted by molar-refractivity contribution is -0.120. The van der Waals surface area contributed by atoms with Crippen LogP contribution in [-0.2, 0) is 4.79 Å². The fraction of sp³-hybridized carbons (Fsp3) is 0.333. The van der Waals surface area contributed by atoms with Gasteiger partial charge in [-0.1, -0.05) is 49.4 Å². The molecule has 27 heavy (non-hydrogen) atoms. The number of rotatable bonds is 8. The predicted octanol–water partition coefficient (Wildman–Crippen LogP) is 4.76. The zero-order valence-corrected chi connectivity index (χ0v) is 16.7. The summed E-state index contributed by atoms with van der Waals surface area (Å²) in [5.41, 5.74) is 0.904. The number of ether oxygens (including phenoxy) is 2. The monoisotopic (exact) mass is 384 g/mol. The lowest BCUT2D eigenvalue weighted by Crippen LogP contribution is -2.37. The number of anilines is 1. The minimum atomic E-state index is -0.117. The molecule has 0 aliphatic rings. The average Bonchev–Trinajstić information content (AvgIpc) is 3.09. The molecule has 0 saturated heterocycles. The third-order valence-corrected chi connectivity index (χ3v) is 4.92. The number of hydrogen-bond acceptors (Lipinski definition) is 5. The SMILES string of the molecule is CCOc1ccccc1OCC(=O)N(CC(C)C)c1nc2ccccc2s1. The molecule has 1 aromatic heterocycles. The van der Waals surface area contributed by atoms with Crippen LogP contribution >= 0.6 is 11.3 Å². The summed E-state index contributed by atoms with van der Waals surface area (Å²) < 4.78 is 12.4. The van der Waals surface area contributed by atoms with Gasteiger partial charge in [-0.05, 0) is 37.1 Å². The standard InChI is InChI=1S/C21H24N2O3S/c1-4-25-17-10-6-7-11-18(17)26-14-20(24)23(13-15(2)3)21-22-16-9-5-8-12-19(16)27-21/h5-12,15H,4,13-14H2,1-3H3. The largest absolute Gasteiger partial charge is 0.490 e. The van der Waals surface area contributed by atoms with Gasteiger partial charge in [0.25, 0.3) is 5.91 Å². The maximum atomic E-state index is 12.9. The first-order valence-corrected chi connectivity index (χ1v) is 9.90. The van der Waals surface area contributed by atoms with E-state index in [2.05, 4.69) is 18.8 Å². The van der Waals surface area contributed by atoms with Crippen molar-refractivity contribution < 1.29 is 14.3 Å². The highest BCUT2D eigenvalue weighted by Crippen LogP contribution is 2.30. The molecule has 0 unspecified atom stereocenters. The first-order chi connectivity index (χ1) is 13.1. The van der Waals surface area contributed by atoms with E-state index in [-0.39, 0.29) is 12.5 Å². The van der Waals surface area contributed by atoms with Crippen molar-refractivity contribution in [3.05, 3.63) is 48.5 Å². The molecule has 0 radical (unpaired) electrons. The molecule has 0 fully saturated rings. The second-order valence-electron chi connectivity index (χ2n) is 6.53. The first kappa shape index (κ1) is 19.2. The molecule has 0 aliphatic carbocycles. The van der Waals surface area contributed by atoms with Crippen LogP contribution in [0.25, 0.3) is 10.2 Å². The van der Waals surface area contributed by atoms with Gasteiger partial charge in [-0.25, -0.2) is 4.98 Å². The van der Waals surface area contributed by atoms with Gasteiger partial charge < -0.3 is 9.47 Å². The van der Waals surface area contributed by atoms with Gasteiger partial charge in [0.1, 0.15) is 0 Å². The van der Waals surface area contributed by atoms with Crippen molar-refractivity contribution in [3.63, 3.8) is 0 Å². The lowest BCUT2D eigenvalue weighted by Gasteiger charge is -2.22. The van der Waals surface area contributed by atoms with E-state index in [9.17, 15) is 4.79 Å². The summed E-state index contributed by atoms with van der Waals surface area (Å²) in [5, 5.41) is 0.705. The Morgan fingerprint density at radius 3 is 2.41 bits per heavy atom. The van der Waals surface area contributed by atoms with Gasteiger partial charge in [-0.2, -0.15) is 0 Å². The zero-order chi connectivity index (χ0) is 19.2. The number of carbonyl (C=O) groups is 1. The molecular formula is C21H24N2O3S. The molecule has 1 heterocycles. The maximum Gasteiger partial charge on any atom is 0.266 e. The molecule has 3 rings (SSSR count). The molecule has 5 nitrogen and oxygen atoms in total. The van der Waals surface area contributed by atoms with Crippen LogP contribution in [0.2, 0.25) is 0 Å². The van der Waals surface area contributed by atoms with Crippen molar-refractivity contribution in [2.75, 3.05) is 24.7 Å². The Morgan fingerprint density at radius 2 is 1.74 bits per heavy atom.